The van der Waals surface area contributed by atoms with Crippen molar-refractivity contribution in [2.45, 2.75) is 25.1 Å². The van der Waals surface area contributed by atoms with Crippen LogP contribution in [0.25, 0.3) is 0 Å². The van der Waals surface area contributed by atoms with Crippen LogP contribution < -0.4 is 5.73 Å². The van der Waals surface area contributed by atoms with E-state index >= 15 is 0 Å². The van der Waals surface area contributed by atoms with Gasteiger partial charge in [0, 0.05) is 24.7 Å². The molecule has 0 bridgehead atoms. The van der Waals surface area contributed by atoms with Crippen molar-refractivity contribution in [3.63, 3.8) is 0 Å². The number of piperidine rings is 1. The minimum absolute atomic E-state index is 0. The van der Waals surface area contributed by atoms with Gasteiger partial charge in [-0.3, -0.25) is 4.79 Å². The highest BCUT2D eigenvalue weighted by Crippen LogP contribution is 2.32. The molecule has 2 rings (SSSR count). The van der Waals surface area contributed by atoms with Gasteiger partial charge >= 0.3 is 6.18 Å². The Balaban J connectivity index is 0.00000220. The Morgan fingerprint density at radius 1 is 1.33 bits per heavy atom. The smallest absolute Gasteiger partial charge is 0.337 e. The molecule has 0 aliphatic carbocycles. The van der Waals surface area contributed by atoms with Crippen LogP contribution >= 0.6 is 12.4 Å². The lowest BCUT2D eigenvalue weighted by Gasteiger charge is -2.31. The number of likely N-dealkylation sites (tertiary alicyclic amines) is 1. The number of benzene rings is 1. The lowest BCUT2D eigenvalue weighted by molar-refractivity contribution is -0.140. The molecule has 21 heavy (non-hydrogen) atoms. The van der Waals surface area contributed by atoms with E-state index in [0.29, 0.717) is 31.6 Å². The molecule has 1 fully saturated rings. The highest BCUT2D eigenvalue weighted by molar-refractivity contribution is 5.94. The first-order chi connectivity index (χ1) is 9.29. The van der Waals surface area contributed by atoms with E-state index < -0.39 is 23.5 Å². The van der Waals surface area contributed by atoms with E-state index in [2.05, 4.69) is 0 Å². The van der Waals surface area contributed by atoms with Gasteiger partial charge in [-0.1, -0.05) is 0 Å². The van der Waals surface area contributed by atoms with Crippen LogP contribution in [0.3, 0.4) is 0 Å². The molecular formula is C13H15ClF4N2O. The maximum atomic E-state index is 13.2. The zero-order chi connectivity index (χ0) is 14.9. The van der Waals surface area contributed by atoms with Gasteiger partial charge in [0.05, 0.1) is 5.56 Å². The summed E-state index contributed by atoms with van der Waals surface area (Å²) < 4.78 is 51.0. The van der Waals surface area contributed by atoms with Gasteiger partial charge in [-0.15, -0.1) is 12.4 Å². The second-order valence-electron chi connectivity index (χ2n) is 4.85. The Labute approximate surface area is 125 Å². The van der Waals surface area contributed by atoms with E-state index in [1.165, 1.54) is 4.90 Å². The number of amides is 1. The lowest BCUT2D eigenvalue weighted by atomic mass is 10.0. The normalized spacial score (nSPS) is 19.1. The number of carbonyl (C=O) groups excluding carboxylic acids is 1. The zero-order valence-electron chi connectivity index (χ0n) is 11.0. The summed E-state index contributed by atoms with van der Waals surface area (Å²) in [5.41, 5.74) is 4.13. The largest absolute Gasteiger partial charge is 0.419 e. The van der Waals surface area contributed by atoms with Gasteiger partial charge in [-0.05, 0) is 31.0 Å². The molecule has 0 radical (unpaired) electrons. The van der Waals surface area contributed by atoms with Crippen LogP contribution in [0.4, 0.5) is 17.6 Å². The third-order valence-corrected chi connectivity index (χ3v) is 3.26. The van der Waals surface area contributed by atoms with Crippen molar-refractivity contribution >= 4 is 18.3 Å². The predicted molar refractivity (Wildman–Crippen MR) is 71.8 cm³/mol. The Kier molecular flexibility index (Phi) is 5.58. The van der Waals surface area contributed by atoms with Crippen molar-refractivity contribution in [3.05, 3.63) is 35.1 Å². The van der Waals surface area contributed by atoms with Crippen molar-refractivity contribution < 1.29 is 22.4 Å². The predicted octanol–water partition coefficient (Wildman–Crippen LogP) is 2.83. The SMILES string of the molecule is Cl.NC1CCCN(C(=O)c2ccc(F)c(C(F)(F)F)c2)C1. The molecule has 1 aromatic rings. The average Bonchev–Trinajstić information content (AvgIpc) is 2.37. The van der Waals surface area contributed by atoms with Gasteiger partial charge in [-0.2, -0.15) is 13.2 Å². The van der Waals surface area contributed by atoms with Gasteiger partial charge in [0.15, 0.2) is 0 Å². The molecule has 3 nitrogen and oxygen atoms in total. The molecule has 2 N–H and O–H groups in total. The molecule has 0 aromatic heterocycles. The van der Waals surface area contributed by atoms with Crippen molar-refractivity contribution in [1.82, 2.24) is 4.90 Å². The Bertz CT molecular complexity index is 521. The number of hydrogen-bond acceptors (Lipinski definition) is 2. The minimum Gasteiger partial charge on any atom is -0.337 e. The molecule has 118 valence electrons. The summed E-state index contributed by atoms with van der Waals surface area (Å²) in [5, 5.41) is 0. The summed E-state index contributed by atoms with van der Waals surface area (Å²) >= 11 is 0. The maximum absolute atomic E-state index is 13.2. The molecular weight excluding hydrogens is 312 g/mol. The summed E-state index contributed by atoms with van der Waals surface area (Å²) in [7, 11) is 0. The van der Waals surface area contributed by atoms with Gasteiger partial charge in [-0.25, -0.2) is 4.39 Å². The van der Waals surface area contributed by atoms with E-state index in [-0.39, 0.29) is 24.0 Å². The zero-order valence-corrected chi connectivity index (χ0v) is 11.8. The monoisotopic (exact) mass is 326 g/mol. The molecule has 1 aliphatic heterocycles. The number of nitrogens with two attached hydrogens (primary N) is 1. The van der Waals surface area contributed by atoms with Gasteiger partial charge in [0.1, 0.15) is 5.82 Å². The molecule has 1 amide bonds. The third-order valence-electron chi connectivity index (χ3n) is 3.26. The van der Waals surface area contributed by atoms with Gasteiger partial charge in [0.2, 0.25) is 0 Å². The number of alkyl halides is 3. The first-order valence-electron chi connectivity index (χ1n) is 6.20. The van der Waals surface area contributed by atoms with Crippen LogP contribution in [0.2, 0.25) is 0 Å². The summed E-state index contributed by atoms with van der Waals surface area (Å²) in [6, 6.07) is 2.11. The topological polar surface area (TPSA) is 46.3 Å². The first-order valence-corrected chi connectivity index (χ1v) is 6.20. The standard InChI is InChI=1S/C13H14F4N2O.ClH/c14-11-4-3-8(6-10(11)13(15,16)17)12(20)19-5-1-2-9(18)7-19;/h3-4,6,9H,1-2,5,7,18H2;1H. The molecule has 0 spiro atoms. The van der Waals surface area contributed by atoms with Crippen molar-refractivity contribution in [3.8, 4) is 0 Å². The van der Waals surface area contributed by atoms with Crippen molar-refractivity contribution in [2.24, 2.45) is 5.73 Å². The number of carbonyl (C=O) groups is 1. The van der Waals surface area contributed by atoms with Crippen molar-refractivity contribution in [1.29, 1.82) is 0 Å². The van der Waals surface area contributed by atoms with E-state index in [1.54, 1.807) is 0 Å². The molecule has 8 heteroatoms. The van der Waals surface area contributed by atoms with E-state index in [9.17, 15) is 22.4 Å². The first kappa shape index (κ1) is 17.7. The van der Waals surface area contributed by atoms with Crippen LogP contribution in [0.15, 0.2) is 18.2 Å². The van der Waals surface area contributed by atoms with Crippen molar-refractivity contribution in [2.75, 3.05) is 13.1 Å². The Morgan fingerprint density at radius 3 is 2.57 bits per heavy atom. The number of halogens is 5. The minimum atomic E-state index is -4.82. The average molecular weight is 327 g/mol. The summed E-state index contributed by atoms with van der Waals surface area (Å²) in [6.07, 6.45) is -3.33. The summed E-state index contributed by atoms with van der Waals surface area (Å²) in [4.78, 5) is 13.5. The highest BCUT2D eigenvalue weighted by Gasteiger charge is 2.35. The molecule has 0 saturated carbocycles. The van der Waals surface area contributed by atoms with E-state index in [1.807, 2.05) is 0 Å². The quantitative estimate of drug-likeness (QED) is 0.807. The van der Waals surface area contributed by atoms with Crippen LogP contribution in [-0.4, -0.2) is 29.9 Å². The molecule has 1 aromatic carbocycles. The number of rotatable bonds is 1. The summed E-state index contributed by atoms with van der Waals surface area (Å²) in [6.45, 7) is 0.753. The Hall–Kier alpha value is -1.34. The maximum Gasteiger partial charge on any atom is 0.419 e. The molecule has 1 atom stereocenters. The molecule has 1 saturated heterocycles. The van der Waals surface area contributed by atoms with Crippen LogP contribution in [0.1, 0.15) is 28.8 Å². The van der Waals surface area contributed by atoms with Crippen LogP contribution in [0.5, 0.6) is 0 Å². The van der Waals surface area contributed by atoms with Crippen LogP contribution in [-0.2, 0) is 6.18 Å². The second-order valence-corrected chi connectivity index (χ2v) is 4.85. The van der Waals surface area contributed by atoms with Crippen LogP contribution in [0, 0.1) is 5.82 Å². The molecule has 1 aliphatic rings. The Morgan fingerprint density at radius 2 is 2.00 bits per heavy atom. The van der Waals surface area contributed by atoms with Gasteiger partial charge in [0.25, 0.3) is 5.91 Å². The van der Waals surface area contributed by atoms with E-state index in [4.69, 9.17) is 5.73 Å². The molecule has 1 heterocycles. The summed E-state index contributed by atoms with van der Waals surface area (Å²) in [5.74, 6) is -1.94. The lowest BCUT2D eigenvalue weighted by Crippen LogP contribution is -2.45. The fraction of sp³-hybridized carbons (Fsp3) is 0.462. The number of nitrogens with zero attached hydrogens (tertiary/aromatic N) is 1. The van der Waals surface area contributed by atoms with E-state index in [0.717, 1.165) is 12.5 Å². The fourth-order valence-electron chi connectivity index (χ4n) is 2.25. The fourth-order valence-corrected chi connectivity index (χ4v) is 2.25. The highest BCUT2D eigenvalue weighted by atomic mass is 35.5. The second kappa shape index (κ2) is 6.62. The molecule has 1 unspecified atom stereocenters. The van der Waals surface area contributed by atoms with Gasteiger partial charge < -0.3 is 10.6 Å². The number of hydrogen-bond donors (Lipinski definition) is 1. The third kappa shape index (κ3) is 4.07.